The molecule has 1 heteroatoms. The van der Waals surface area contributed by atoms with E-state index in [2.05, 4.69) is 36.2 Å². The zero-order valence-corrected chi connectivity index (χ0v) is 9.45. The van der Waals surface area contributed by atoms with Gasteiger partial charge in [-0.1, -0.05) is 24.3 Å². The van der Waals surface area contributed by atoms with E-state index in [1.165, 1.54) is 32.1 Å². The third-order valence-electron chi connectivity index (χ3n) is 4.02. The summed E-state index contributed by atoms with van der Waals surface area (Å²) in [6, 6.07) is 10.7. The molecule has 0 saturated heterocycles. The second-order valence-corrected chi connectivity index (χ2v) is 5.06. The Hall–Kier alpha value is -0.820. The summed E-state index contributed by atoms with van der Waals surface area (Å²) in [5, 5.41) is 0. The number of hydrogen-bond donors (Lipinski definition) is 0. The molecule has 1 fully saturated rings. The van der Waals surface area contributed by atoms with Gasteiger partial charge in [-0.3, -0.25) is 0 Å². The van der Waals surface area contributed by atoms with Gasteiger partial charge >= 0.3 is 0 Å². The molecule has 3 rings (SSSR count). The van der Waals surface area contributed by atoms with Gasteiger partial charge in [0, 0.05) is 12.1 Å². The molecule has 0 N–H and O–H groups in total. The lowest BCUT2D eigenvalue weighted by atomic mass is 9.87. The fourth-order valence-corrected chi connectivity index (χ4v) is 2.81. The molecule has 2 aliphatic carbocycles. The predicted octanol–water partition coefficient (Wildman–Crippen LogP) is 2.64. The number of rotatable bonds is 2. The van der Waals surface area contributed by atoms with Gasteiger partial charge in [-0.25, -0.2) is 0 Å². The van der Waals surface area contributed by atoms with E-state index in [1.807, 2.05) is 0 Å². The molecule has 1 unspecified atom stereocenters. The molecule has 1 saturated carbocycles. The highest BCUT2D eigenvalue weighted by Gasteiger charge is 2.32. The minimum absolute atomic E-state index is 0.799. The summed E-state index contributed by atoms with van der Waals surface area (Å²) in [6.07, 6.45) is 6.74. The number of hydrogen-bond acceptors (Lipinski definition) is 1. The topological polar surface area (TPSA) is 3.24 Å². The van der Waals surface area contributed by atoms with E-state index < -0.39 is 0 Å². The Morgan fingerprint density at radius 2 is 1.73 bits per heavy atom. The molecule has 1 nitrogen and oxygen atoms in total. The maximum Gasteiger partial charge on any atom is 0.0139 e. The van der Waals surface area contributed by atoms with Gasteiger partial charge in [0.25, 0.3) is 0 Å². The Morgan fingerprint density at radius 1 is 1.00 bits per heavy atom. The maximum atomic E-state index is 2.62. The van der Waals surface area contributed by atoms with Crippen LogP contribution in [0.5, 0.6) is 0 Å². The number of aryl methyl sites for hydroxylation is 1. The van der Waals surface area contributed by atoms with Crippen LogP contribution in [0.25, 0.3) is 0 Å². The largest absolute Gasteiger partial charge is 0.300 e. The van der Waals surface area contributed by atoms with Crippen LogP contribution in [0.2, 0.25) is 0 Å². The number of likely N-dealkylation sites (N-methyl/N-ethyl adjacent to an activating group) is 1. The Morgan fingerprint density at radius 3 is 2.47 bits per heavy atom. The molecule has 0 radical (unpaired) electrons. The van der Waals surface area contributed by atoms with E-state index in [0.29, 0.717) is 0 Å². The third kappa shape index (κ3) is 1.81. The number of benzene rings is 1. The van der Waals surface area contributed by atoms with E-state index >= 15 is 0 Å². The van der Waals surface area contributed by atoms with Gasteiger partial charge in [0.15, 0.2) is 0 Å². The average molecular weight is 201 g/mol. The fraction of sp³-hybridized carbons (Fsp3) is 0.571. The van der Waals surface area contributed by atoms with Gasteiger partial charge < -0.3 is 4.90 Å². The molecule has 0 bridgehead atoms. The summed E-state index contributed by atoms with van der Waals surface area (Å²) in [5.41, 5.74) is 3.17. The molecule has 1 aromatic carbocycles. The number of fused-ring (bicyclic) bond motifs is 1. The van der Waals surface area contributed by atoms with Crippen molar-refractivity contribution < 1.29 is 0 Å². The molecule has 1 atom stereocenters. The van der Waals surface area contributed by atoms with Gasteiger partial charge in [-0.05, 0) is 50.3 Å². The summed E-state index contributed by atoms with van der Waals surface area (Å²) in [4.78, 5) is 2.62. The summed E-state index contributed by atoms with van der Waals surface area (Å²) in [7, 11) is 2.32. The molecule has 0 aromatic heterocycles. The molecule has 0 amide bonds. The first kappa shape index (κ1) is 9.41. The summed E-state index contributed by atoms with van der Waals surface area (Å²) < 4.78 is 0. The van der Waals surface area contributed by atoms with E-state index in [0.717, 1.165) is 12.1 Å². The van der Waals surface area contributed by atoms with Crippen molar-refractivity contribution in [2.75, 3.05) is 7.05 Å². The molecular weight excluding hydrogens is 182 g/mol. The Bertz CT molecular complexity index is 354. The molecule has 0 heterocycles. The summed E-state index contributed by atoms with van der Waals surface area (Å²) >= 11 is 0. The highest BCUT2D eigenvalue weighted by Crippen LogP contribution is 2.32. The zero-order chi connectivity index (χ0) is 10.3. The average Bonchev–Trinajstić information content (AvgIpc) is 3.11. The van der Waals surface area contributed by atoms with Gasteiger partial charge in [0.05, 0.1) is 0 Å². The molecular formula is C14H19N. The summed E-state index contributed by atoms with van der Waals surface area (Å²) in [6.45, 7) is 0. The molecule has 0 aliphatic heterocycles. The van der Waals surface area contributed by atoms with E-state index in [9.17, 15) is 0 Å². The van der Waals surface area contributed by atoms with Crippen molar-refractivity contribution in [3.8, 4) is 0 Å². The van der Waals surface area contributed by atoms with Crippen LogP contribution < -0.4 is 0 Å². The van der Waals surface area contributed by atoms with E-state index in [-0.39, 0.29) is 0 Å². The first-order chi connectivity index (χ1) is 7.34. The van der Waals surface area contributed by atoms with Crippen LogP contribution in [0.1, 0.15) is 30.4 Å². The standard InChI is InChI=1S/C14H19N/c1-15(13-8-9-13)14-7-6-11-4-2-3-5-12(11)10-14/h2-5,13-14H,6-10H2,1H3. The van der Waals surface area contributed by atoms with Crippen LogP contribution in [-0.4, -0.2) is 24.0 Å². The molecule has 0 spiro atoms. The van der Waals surface area contributed by atoms with Crippen LogP contribution >= 0.6 is 0 Å². The van der Waals surface area contributed by atoms with E-state index in [4.69, 9.17) is 0 Å². The third-order valence-corrected chi connectivity index (χ3v) is 4.02. The first-order valence-electron chi connectivity index (χ1n) is 6.13. The van der Waals surface area contributed by atoms with Crippen LogP contribution in [0.4, 0.5) is 0 Å². The van der Waals surface area contributed by atoms with Crippen molar-refractivity contribution in [1.29, 1.82) is 0 Å². The zero-order valence-electron chi connectivity index (χ0n) is 9.45. The Labute approximate surface area is 92.1 Å². The second-order valence-electron chi connectivity index (χ2n) is 5.06. The highest BCUT2D eigenvalue weighted by atomic mass is 15.2. The van der Waals surface area contributed by atoms with E-state index in [1.54, 1.807) is 11.1 Å². The van der Waals surface area contributed by atoms with Gasteiger partial charge in [0.2, 0.25) is 0 Å². The van der Waals surface area contributed by atoms with Crippen LogP contribution in [-0.2, 0) is 12.8 Å². The SMILES string of the molecule is CN(C1CC1)C1CCc2ccccc2C1. The normalized spacial score (nSPS) is 25.3. The minimum Gasteiger partial charge on any atom is -0.300 e. The Balaban J connectivity index is 1.76. The maximum absolute atomic E-state index is 2.62. The van der Waals surface area contributed by atoms with Gasteiger partial charge in [-0.2, -0.15) is 0 Å². The van der Waals surface area contributed by atoms with Crippen LogP contribution in [0, 0.1) is 0 Å². The second kappa shape index (κ2) is 3.64. The lowest BCUT2D eigenvalue weighted by molar-refractivity contribution is 0.212. The minimum atomic E-state index is 0.799. The lowest BCUT2D eigenvalue weighted by Crippen LogP contribution is -2.37. The quantitative estimate of drug-likeness (QED) is 0.711. The summed E-state index contributed by atoms with van der Waals surface area (Å²) in [5.74, 6) is 0. The van der Waals surface area contributed by atoms with Crippen molar-refractivity contribution in [2.24, 2.45) is 0 Å². The molecule has 1 aromatic rings. The molecule has 80 valence electrons. The fourth-order valence-electron chi connectivity index (χ4n) is 2.81. The highest BCUT2D eigenvalue weighted by molar-refractivity contribution is 5.30. The Kier molecular flexibility index (Phi) is 2.28. The lowest BCUT2D eigenvalue weighted by Gasteiger charge is -2.32. The van der Waals surface area contributed by atoms with Crippen molar-refractivity contribution in [3.05, 3.63) is 35.4 Å². The van der Waals surface area contributed by atoms with Crippen molar-refractivity contribution in [3.63, 3.8) is 0 Å². The first-order valence-corrected chi connectivity index (χ1v) is 6.13. The van der Waals surface area contributed by atoms with Gasteiger partial charge in [-0.15, -0.1) is 0 Å². The predicted molar refractivity (Wildman–Crippen MR) is 63.0 cm³/mol. The van der Waals surface area contributed by atoms with Gasteiger partial charge in [0.1, 0.15) is 0 Å². The smallest absolute Gasteiger partial charge is 0.0139 e. The van der Waals surface area contributed by atoms with Crippen LogP contribution in [0.15, 0.2) is 24.3 Å². The monoisotopic (exact) mass is 201 g/mol. The number of nitrogens with zero attached hydrogens (tertiary/aromatic N) is 1. The molecule has 2 aliphatic rings. The van der Waals surface area contributed by atoms with Crippen molar-refractivity contribution >= 4 is 0 Å². The van der Waals surface area contributed by atoms with Crippen LogP contribution in [0.3, 0.4) is 0 Å². The molecule has 15 heavy (non-hydrogen) atoms. The van der Waals surface area contributed by atoms with Crippen molar-refractivity contribution in [2.45, 2.75) is 44.2 Å². The van der Waals surface area contributed by atoms with Crippen molar-refractivity contribution in [1.82, 2.24) is 4.90 Å².